The zero-order valence-electron chi connectivity index (χ0n) is 11.9. The minimum Gasteiger partial charge on any atom is -0.362 e. The van der Waals surface area contributed by atoms with Crippen LogP contribution in [-0.4, -0.2) is 23.5 Å². The van der Waals surface area contributed by atoms with Crippen LogP contribution in [0.2, 0.25) is 0 Å². The Labute approximate surface area is 125 Å². The van der Waals surface area contributed by atoms with Crippen LogP contribution in [0.15, 0.2) is 29.3 Å². The lowest BCUT2D eigenvalue weighted by atomic mass is 9.89. The molecule has 1 N–H and O–H groups in total. The van der Waals surface area contributed by atoms with Gasteiger partial charge in [-0.25, -0.2) is 0 Å². The third-order valence-corrected chi connectivity index (χ3v) is 6.39. The number of amidine groups is 1. The maximum Gasteiger partial charge on any atom is 0.156 e. The number of fused-ring (bicyclic) bond motifs is 1. The Kier molecular flexibility index (Phi) is 3.25. The highest BCUT2D eigenvalue weighted by atomic mass is 32.2. The number of rotatable bonds is 1. The third-order valence-electron chi connectivity index (χ3n) is 5.12. The van der Waals surface area contributed by atoms with Crippen molar-refractivity contribution in [3.63, 3.8) is 0 Å². The van der Waals surface area contributed by atoms with Crippen molar-refractivity contribution < 1.29 is 0 Å². The highest BCUT2D eigenvalue weighted by Crippen LogP contribution is 2.43. The lowest BCUT2D eigenvalue weighted by Gasteiger charge is -2.31. The summed E-state index contributed by atoms with van der Waals surface area (Å²) in [5, 5.41) is 4.88. The summed E-state index contributed by atoms with van der Waals surface area (Å²) in [7, 11) is 0. The molecule has 1 aliphatic heterocycles. The molecule has 0 aromatic heterocycles. The van der Waals surface area contributed by atoms with Gasteiger partial charge in [-0.3, -0.25) is 4.99 Å². The van der Waals surface area contributed by atoms with Crippen LogP contribution in [0.25, 0.3) is 0 Å². The van der Waals surface area contributed by atoms with Crippen LogP contribution in [0.3, 0.4) is 0 Å². The van der Waals surface area contributed by atoms with Gasteiger partial charge in [0.05, 0.1) is 0 Å². The second-order valence-electron chi connectivity index (χ2n) is 6.64. The van der Waals surface area contributed by atoms with Gasteiger partial charge in [0, 0.05) is 18.3 Å². The van der Waals surface area contributed by atoms with Gasteiger partial charge in [0.2, 0.25) is 0 Å². The van der Waals surface area contributed by atoms with E-state index in [1.54, 1.807) is 0 Å². The van der Waals surface area contributed by atoms with Crippen LogP contribution in [0.1, 0.15) is 36.8 Å². The number of nitrogens with one attached hydrogen (secondary N) is 1. The van der Waals surface area contributed by atoms with Crippen molar-refractivity contribution >= 4 is 16.9 Å². The van der Waals surface area contributed by atoms with Gasteiger partial charge >= 0.3 is 0 Å². The molecule has 0 saturated heterocycles. The van der Waals surface area contributed by atoms with Crippen molar-refractivity contribution in [3.05, 3.63) is 35.4 Å². The summed E-state index contributed by atoms with van der Waals surface area (Å²) < 4.78 is 0. The molecule has 0 atom stereocenters. The first-order valence-corrected chi connectivity index (χ1v) is 8.82. The molecule has 1 aromatic rings. The standard InChI is InChI=1S/C17H22N2S/c1-2-6-14-10-15(9-13(14)5-1)19-16-18-11-17(12-20-16)7-3-4-8-17/h1-2,5-6,15H,3-4,7-12H2,(H,18,19). The summed E-state index contributed by atoms with van der Waals surface area (Å²) in [6.07, 6.45) is 7.92. The number of aliphatic imine (C=N–C) groups is 1. The van der Waals surface area contributed by atoms with E-state index in [9.17, 15) is 0 Å². The van der Waals surface area contributed by atoms with Crippen LogP contribution in [-0.2, 0) is 12.8 Å². The van der Waals surface area contributed by atoms with E-state index in [0.29, 0.717) is 11.5 Å². The molecule has 0 bridgehead atoms. The Bertz CT molecular complexity index is 507. The fraction of sp³-hybridized carbons (Fsp3) is 0.588. The Balaban J connectivity index is 1.38. The SMILES string of the molecule is c1ccc2c(c1)CC(NC1=NCC3(CCCC3)CS1)C2. The summed E-state index contributed by atoms with van der Waals surface area (Å²) in [5.74, 6) is 1.28. The van der Waals surface area contributed by atoms with Gasteiger partial charge in [-0.2, -0.15) is 0 Å². The van der Waals surface area contributed by atoms with E-state index in [0.717, 1.165) is 19.4 Å². The molecule has 3 aliphatic rings. The first-order chi connectivity index (χ1) is 9.83. The predicted octanol–water partition coefficient (Wildman–Crippen LogP) is 3.41. The molecule has 106 valence electrons. The molecule has 2 nitrogen and oxygen atoms in total. The molecule has 0 amide bonds. The Morgan fingerprint density at radius 1 is 1.10 bits per heavy atom. The molecular weight excluding hydrogens is 264 g/mol. The number of nitrogens with zero attached hydrogens (tertiary/aromatic N) is 1. The number of hydrogen-bond acceptors (Lipinski definition) is 3. The van der Waals surface area contributed by atoms with Gasteiger partial charge < -0.3 is 5.32 Å². The van der Waals surface area contributed by atoms with Gasteiger partial charge in [0.15, 0.2) is 5.17 Å². The molecular formula is C17H22N2S. The summed E-state index contributed by atoms with van der Waals surface area (Å²) in [6, 6.07) is 9.38. The molecule has 1 aromatic carbocycles. The van der Waals surface area contributed by atoms with Gasteiger partial charge in [-0.1, -0.05) is 48.9 Å². The van der Waals surface area contributed by atoms with Crippen molar-refractivity contribution in [2.24, 2.45) is 10.4 Å². The molecule has 20 heavy (non-hydrogen) atoms. The molecule has 0 unspecified atom stereocenters. The van der Waals surface area contributed by atoms with E-state index in [-0.39, 0.29) is 0 Å². The summed E-state index contributed by atoms with van der Waals surface area (Å²) >= 11 is 1.96. The van der Waals surface area contributed by atoms with Crippen LogP contribution < -0.4 is 5.32 Å². The average molecular weight is 286 g/mol. The molecule has 1 fully saturated rings. The smallest absolute Gasteiger partial charge is 0.156 e. The first kappa shape index (κ1) is 12.8. The van der Waals surface area contributed by atoms with Crippen molar-refractivity contribution in [2.45, 2.75) is 44.6 Å². The molecule has 2 aliphatic carbocycles. The van der Waals surface area contributed by atoms with Crippen molar-refractivity contribution in [1.82, 2.24) is 5.32 Å². The predicted molar refractivity (Wildman–Crippen MR) is 86.4 cm³/mol. The number of hydrogen-bond donors (Lipinski definition) is 1. The van der Waals surface area contributed by atoms with E-state index in [1.165, 1.54) is 47.7 Å². The van der Waals surface area contributed by atoms with Gasteiger partial charge in [0.25, 0.3) is 0 Å². The van der Waals surface area contributed by atoms with E-state index in [1.807, 2.05) is 11.8 Å². The average Bonchev–Trinajstić information content (AvgIpc) is 3.08. The van der Waals surface area contributed by atoms with Crippen LogP contribution in [0.5, 0.6) is 0 Å². The normalized spacial score (nSPS) is 24.7. The molecule has 3 heteroatoms. The molecule has 1 heterocycles. The van der Waals surface area contributed by atoms with E-state index >= 15 is 0 Å². The van der Waals surface area contributed by atoms with Crippen molar-refractivity contribution in [1.29, 1.82) is 0 Å². The zero-order chi connectivity index (χ0) is 13.4. The van der Waals surface area contributed by atoms with Crippen LogP contribution in [0, 0.1) is 5.41 Å². The zero-order valence-corrected chi connectivity index (χ0v) is 12.7. The quantitative estimate of drug-likeness (QED) is 0.855. The summed E-state index contributed by atoms with van der Waals surface area (Å²) in [6.45, 7) is 1.06. The maximum atomic E-state index is 4.86. The minimum atomic E-state index is 0.550. The van der Waals surface area contributed by atoms with E-state index in [2.05, 4.69) is 29.6 Å². The van der Waals surface area contributed by atoms with E-state index < -0.39 is 0 Å². The number of benzene rings is 1. The molecule has 1 saturated carbocycles. The number of thioether (sulfide) groups is 1. The monoisotopic (exact) mass is 286 g/mol. The maximum absolute atomic E-state index is 4.86. The fourth-order valence-corrected chi connectivity index (χ4v) is 5.13. The molecule has 0 radical (unpaired) electrons. The largest absolute Gasteiger partial charge is 0.362 e. The van der Waals surface area contributed by atoms with Gasteiger partial charge in [0.1, 0.15) is 0 Å². The van der Waals surface area contributed by atoms with Crippen LogP contribution in [0.4, 0.5) is 0 Å². The van der Waals surface area contributed by atoms with Crippen molar-refractivity contribution in [2.75, 3.05) is 12.3 Å². The second kappa shape index (κ2) is 5.10. The van der Waals surface area contributed by atoms with Crippen molar-refractivity contribution in [3.8, 4) is 0 Å². The van der Waals surface area contributed by atoms with Gasteiger partial charge in [-0.15, -0.1) is 0 Å². The Morgan fingerprint density at radius 2 is 1.80 bits per heavy atom. The summed E-state index contributed by atoms with van der Waals surface area (Å²) in [4.78, 5) is 4.86. The molecule has 1 spiro atoms. The Hall–Kier alpha value is -0.960. The topological polar surface area (TPSA) is 24.4 Å². The first-order valence-electron chi connectivity index (χ1n) is 7.84. The summed E-state index contributed by atoms with van der Waals surface area (Å²) in [5.41, 5.74) is 3.58. The minimum absolute atomic E-state index is 0.550. The van der Waals surface area contributed by atoms with E-state index in [4.69, 9.17) is 4.99 Å². The third kappa shape index (κ3) is 2.37. The van der Waals surface area contributed by atoms with Crippen LogP contribution >= 0.6 is 11.8 Å². The highest BCUT2D eigenvalue weighted by Gasteiger charge is 2.36. The lowest BCUT2D eigenvalue weighted by Crippen LogP contribution is -2.38. The fourth-order valence-electron chi connectivity index (χ4n) is 3.90. The molecule has 4 rings (SSSR count). The lowest BCUT2D eigenvalue weighted by molar-refractivity contribution is 0.358. The highest BCUT2D eigenvalue weighted by molar-refractivity contribution is 8.13. The second-order valence-corrected chi connectivity index (χ2v) is 7.60. The Morgan fingerprint density at radius 3 is 2.40 bits per heavy atom. The van der Waals surface area contributed by atoms with Gasteiger partial charge in [-0.05, 0) is 42.2 Å².